The summed E-state index contributed by atoms with van der Waals surface area (Å²) in [5.41, 5.74) is 2.20. The average Bonchev–Trinajstić information content (AvgIpc) is 3.37. The molecule has 2 N–H and O–H groups in total. The lowest BCUT2D eigenvalue weighted by molar-refractivity contribution is 0.426. The second-order valence-corrected chi connectivity index (χ2v) is 7.20. The molecule has 2 aromatic carbocycles. The zero-order valence-corrected chi connectivity index (χ0v) is 16.4. The molecule has 0 saturated carbocycles. The Labute approximate surface area is 174 Å². The quantitative estimate of drug-likeness (QED) is 0.455. The van der Waals surface area contributed by atoms with Gasteiger partial charge in [0.15, 0.2) is 0 Å². The third kappa shape index (κ3) is 2.94. The monoisotopic (exact) mass is 419 g/mol. The summed E-state index contributed by atoms with van der Waals surface area (Å²) < 4.78 is 6.80. The average molecular weight is 420 g/mol. The molecule has 0 spiro atoms. The fraction of sp³-hybridized carbons (Fsp3) is 0.0476. The second kappa shape index (κ2) is 6.85. The standard InChI is InChI=1S/C21H14ClN5O3/c1-11-2-8-14(9-3-11)27-19-15(10-23-27)17(28)16(20(29)25-19)21-24-18(26-30-21)12-4-6-13(22)7-5-12/h2-10H,1H3,(H2,25,28,29). The van der Waals surface area contributed by atoms with E-state index in [1.54, 1.807) is 28.9 Å². The molecule has 5 rings (SSSR count). The Morgan fingerprint density at radius 2 is 1.83 bits per heavy atom. The van der Waals surface area contributed by atoms with Crippen LogP contribution in [0.2, 0.25) is 5.02 Å². The van der Waals surface area contributed by atoms with Crippen LogP contribution in [0.4, 0.5) is 0 Å². The van der Waals surface area contributed by atoms with Gasteiger partial charge in [0.2, 0.25) is 5.82 Å². The number of hydrogen-bond donors (Lipinski definition) is 2. The zero-order valence-electron chi connectivity index (χ0n) is 15.6. The van der Waals surface area contributed by atoms with Crippen LogP contribution in [-0.2, 0) is 0 Å². The minimum Gasteiger partial charge on any atom is -0.506 e. The van der Waals surface area contributed by atoms with Crippen LogP contribution >= 0.6 is 11.6 Å². The number of aromatic amines is 1. The van der Waals surface area contributed by atoms with Crippen molar-refractivity contribution in [1.29, 1.82) is 0 Å². The van der Waals surface area contributed by atoms with Crippen molar-refractivity contribution in [2.45, 2.75) is 6.92 Å². The fourth-order valence-corrected chi connectivity index (χ4v) is 3.30. The van der Waals surface area contributed by atoms with E-state index in [9.17, 15) is 9.90 Å². The first-order valence-electron chi connectivity index (χ1n) is 9.01. The highest BCUT2D eigenvalue weighted by Crippen LogP contribution is 2.32. The van der Waals surface area contributed by atoms with Crippen LogP contribution in [-0.4, -0.2) is 30.0 Å². The number of nitrogens with zero attached hydrogens (tertiary/aromatic N) is 4. The van der Waals surface area contributed by atoms with Crippen LogP contribution in [0, 0.1) is 6.92 Å². The molecule has 3 heterocycles. The lowest BCUT2D eigenvalue weighted by Gasteiger charge is -2.05. The van der Waals surface area contributed by atoms with E-state index in [4.69, 9.17) is 16.1 Å². The highest BCUT2D eigenvalue weighted by molar-refractivity contribution is 6.30. The molecule has 30 heavy (non-hydrogen) atoms. The number of nitrogens with one attached hydrogen (secondary N) is 1. The smallest absolute Gasteiger partial charge is 0.267 e. The molecule has 0 unspecified atom stereocenters. The second-order valence-electron chi connectivity index (χ2n) is 6.76. The molecule has 0 aliphatic carbocycles. The molecule has 8 nitrogen and oxygen atoms in total. The predicted octanol–water partition coefficient (Wildman–Crippen LogP) is 4.10. The molecular weight excluding hydrogens is 406 g/mol. The van der Waals surface area contributed by atoms with Crippen LogP contribution in [0.15, 0.2) is 64.0 Å². The minimum atomic E-state index is -0.569. The summed E-state index contributed by atoms with van der Waals surface area (Å²) in [4.78, 5) is 19.8. The van der Waals surface area contributed by atoms with Crippen molar-refractivity contribution >= 4 is 22.6 Å². The Hall–Kier alpha value is -3.91. The van der Waals surface area contributed by atoms with Crippen molar-refractivity contribution in [3.05, 3.63) is 75.7 Å². The number of H-pyrrole nitrogens is 1. The molecular formula is C21H14ClN5O3. The SMILES string of the molecule is Cc1ccc(-n2ncc3c(O)c(-c4nc(-c5ccc(Cl)cc5)no4)c(=O)[nH]c32)cc1. The normalized spacial score (nSPS) is 11.3. The van der Waals surface area contributed by atoms with Crippen LogP contribution in [0.1, 0.15) is 5.56 Å². The number of rotatable bonds is 3. The van der Waals surface area contributed by atoms with E-state index >= 15 is 0 Å². The molecule has 0 bridgehead atoms. The summed E-state index contributed by atoms with van der Waals surface area (Å²) in [5, 5.41) is 19.9. The number of pyridine rings is 1. The van der Waals surface area contributed by atoms with Gasteiger partial charge in [-0.25, -0.2) is 4.68 Å². The topological polar surface area (TPSA) is 110 Å². The van der Waals surface area contributed by atoms with E-state index in [0.29, 0.717) is 21.6 Å². The zero-order chi connectivity index (χ0) is 20.8. The van der Waals surface area contributed by atoms with Crippen LogP contribution in [0.25, 0.3) is 39.6 Å². The predicted molar refractivity (Wildman–Crippen MR) is 112 cm³/mol. The lowest BCUT2D eigenvalue weighted by Crippen LogP contribution is -2.11. The molecule has 5 aromatic rings. The summed E-state index contributed by atoms with van der Waals surface area (Å²) in [5.74, 6) is -0.0991. The van der Waals surface area contributed by atoms with Gasteiger partial charge >= 0.3 is 0 Å². The minimum absolute atomic E-state index is 0.0938. The summed E-state index contributed by atoms with van der Waals surface area (Å²) in [7, 11) is 0. The number of aryl methyl sites for hydroxylation is 1. The lowest BCUT2D eigenvalue weighted by atomic mass is 10.2. The van der Waals surface area contributed by atoms with Gasteiger partial charge in [0.05, 0.1) is 17.3 Å². The van der Waals surface area contributed by atoms with Crippen molar-refractivity contribution in [2.75, 3.05) is 0 Å². The largest absolute Gasteiger partial charge is 0.506 e. The van der Waals surface area contributed by atoms with E-state index in [0.717, 1.165) is 11.3 Å². The van der Waals surface area contributed by atoms with Crippen LogP contribution in [0.3, 0.4) is 0 Å². The Morgan fingerprint density at radius 1 is 1.10 bits per heavy atom. The molecule has 0 amide bonds. The summed E-state index contributed by atoms with van der Waals surface area (Å²) in [6, 6.07) is 14.5. The van der Waals surface area contributed by atoms with E-state index in [1.807, 2.05) is 31.2 Å². The Kier molecular flexibility index (Phi) is 4.14. The fourth-order valence-electron chi connectivity index (χ4n) is 3.18. The molecule has 0 fully saturated rings. The highest BCUT2D eigenvalue weighted by Gasteiger charge is 2.22. The van der Waals surface area contributed by atoms with Crippen molar-refractivity contribution in [3.63, 3.8) is 0 Å². The molecule has 0 aliphatic rings. The van der Waals surface area contributed by atoms with Crippen LogP contribution < -0.4 is 5.56 Å². The number of aromatic hydroxyl groups is 1. The summed E-state index contributed by atoms with van der Waals surface area (Å²) in [6.07, 6.45) is 1.47. The molecule has 148 valence electrons. The van der Waals surface area contributed by atoms with E-state index in [-0.39, 0.29) is 23.0 Å². The van der Waals surface area contributed by atoms with Gasteiger partial charge in [0.25, 0.3) is 11.4 Å². The van der Waals surface area contributed by atoms with E-state index in [1.165, 1.54) is 6.20 Å². The molecule has 0 atom stereocenters. The first kappa shape index (κ1) is 18.1. The highest BCUT2D eigenvalue weighted by atomic mass is 35.5. The third-order valence-electron chi connectivity index (χ3n) is 4.74. The summed E-state index contributed by atoms with van der Waals surface area (Å²) >= 11 is 5.90. The van der Waals surface area contributed by atoms with Gasteiger partial charge in [-0.05, 0) is 43.3 Å². The number of benzene rings is 2. The van der Waals surface area contributed by atoms with Crippen molar-refractivity contribution < 1.29 is 9.63 Å². The summed E-state index contributed by atoms with van der Waals surface area (Å²) in [6.45, 7) is 1.98. The third-order valence-corrected chi connectivity index (χ3v) is 4.99. The maximum Gasteiger partial charge on any atom is 0.267 e. The van der Waals surface area contributed by atoms with Gasteiger partial charge in [0.1, 0.15) is 17.0 Å². The van der Waals surface area contributed by atoms with E-state index < -0.39 is 5.56 Å². The van der Waals surface area contributed by atoms with Crippen LogP contribution in [0.5, 0.6) is 5.75 Å². The number of aromatic nitrogens is 5. The number of hydrogen-bond acceptors (Lipinski definition) is 6. The first-order valence-corrected chi connectivity index (χ1v) is 9.39. The van der Waals surface area contributed by atoms with E-state index in [2.05, 4.69) is 20.2 Å². The maximum atomic E-state index is 12.8. The molecule has 0 radical (unpaired) electrons. The maximum absolute atomic E-state index is 12.8. The molecule has 9 heteroatoms. The Balaban J connectivity index is 1.62. The number of fused-ring (bicyclic) bond motifs is 1. The van der Waals surface area contributed by atoms with Gasteiger partial charge in [0, 0.05) is 10.6 Å². The first-order chi connectivity index (χ1) is 14.5. The van der Waals surface area contributed by atoms with Crippen molar-refractivity contribution in [2.24, 2.45) is 0 Å². The van der Waals surface area contributed by atoms with Gasteiger partial charge in [-0.2, -0.15) is 10.1 Å². The van der Waals surface area contributed by atoms with Crippen molar-refractivity contribution in [3.8, 4) is 34.3 Å². The molecule has 0 aliphatic heterocycles. The van der Waals surface area contributed by atoms with Gasteiger partial charge in [-0.1, -0.05) is 34.5 Å². The molecule has 0 saturated heterocycles. The number of halogens is 1. The van der Waals surface area contributed by atoms with Gasteiger partial charge < -0.3 is 14.6 Å². The van der Waals surface area contributed by atoms with Gasteiger partial charge in [-0.15, -0.1) is 0 Å². The Bertz CT molecular complexity index is 1430. The van der Waals surface area contributed by atoms with Gasteiger partial charge in [-0.3, -0.25) is 4.79 Å². The van der Waals surface area contributed by atoms with Crippen molar-refractivity contribution in [1.82, 2.24) is 24.9 Å². The molecule has 3 aromatic heterocycles. The Morgan fingerprint density at radius 3 is 2.57 bits per heavy atom.